The normalized spacial score (nSPS) is 18.3. The third-order valence-corrected chi connectivity index (χ3v) is 3.33. The van der Waals surface area contributed by atoms with E-state index >= 15 is 0 Å². The molecule has 1 aromatic heterocycles. The van der Waals surface area contributed by atoms with Gasteiger partial charge in [-0.05, 0) is 30.9 Å². The van der Waals surface area contributed by atoms with Crippen LogP contribution in [0.3, 0.4) is 0 Å². The second kappa shape index (κ2) is 2.97. The summed E-state index contributed by atoms with van der Waals surface area (Å²) in [6.07, 6.45) is 3.11. The summed E-state index contributed by atoms with van der Waals surface area (Å²) in [7, 11) is 0. The zero-order valence-electron chi connectivity index (χ0n) is 8.26. The van der Waals surface area contributed by atoms with Crippen molar-refractivity contribution in [2.45, 2.75) is 24.8 Å². The smallest absolute Gasteiger partial charge is 0.132 e. The van der Waals surface area contributed by atoms with Crippen molar-refractivity contribution in [3.05, 3.63) is 28.9 Å². The van der Waals surface area contributed by atoms with Gasteiger partial charge in [-0.3, -0.25) is 5.10 Å². The van der Waals surface area contributed by atoms with Crippen LogP contribution in [0.1, 0.15) is 18.4 Å². The Bertz CT molecular complexity index is 514. The van der Waals surface area contributed by atoms with Crippen LogP contribution in [0.2, 0.25) is 5.15 Å². The highest BCUT2D eigenvalue weighted by Crippen LogP contribution is 2.37. The van der Waals surface area contributed by atoms with Gasteiger partial charge in [0.05, 0.1) is 5.52 Å². The summed E-state index contributed by atoms with van der Waals surface area (Å²) in [4.78, 5) is 0. The summed E-state index contributed by atoms with van der Waals surface area (Å²) in [5.74, 6) is 0. The van der Waals surface area contributed by atoms with E-state index < -0.39 is 0 Å². The van der Waals surface area contributed by atoms with Gasteiger partial charge in [0.25, 0.3) is 0 Å². The quantitative estimate of drug-likeness (QED) is 0.817. The summed E-state index contributed by atoms with van der Waals surface area (Å²) >= 11 is 6.07. The van der Waals surface area contributed by atoms with Crippen molar-refractivity contribution in [3.63, 3.8) is 0 Å². The maximum absolute atomic E-state index is 6.11. The number of rotatable bonds is 2. The van der Waals surface area contributed by atoms with Crippen molar-refractivity contribution in [3.8, 4) is 0 Å². The Kier molecular flexibility index (Phi) is 1.82. The van der Waals surface area contributed by atoms with Crippen LogP contribution in [-0.4, -0.2) is 15.7 Å². The zero-order chi connectivity index (χ0) is 10.5. The number of halogens is 1. The molecule has 1 aliphatic carbocycles. The van der Waals surface area contributed by atoms with Gasteiger partial charge in [-0.15, -0.1) is 0 Å². The molecular formula is C11H12ClN3. The molecule has 0 radical (unpaired) electrons. The molecule has 1 saturated carbocycles. The van der Waals surface area contributed by atoms with E-state index in [4.69, 9.17) is 17.3 Å². The van der Waals surface area contributed by atoms with Crippen molar-refractivity contribution in [2.24, 2.45) is 5.73 Å². The second-order valence-electron chi connectivity index (χ2n) is 4.39. The number of benzene rings is 1. The number of hydrogen-bond donors (Lipinski definition) is 2. The molecule has 0 spiro atoms. The molecule has 1 fully saturated rings. The number of aromatic nitrogens is 2. The number of hydrogen-bond acceptors (Lipinski definition) is 2. The fourth-order valence-electron chi connectivity index (χ4n) is 1.96. The minimum Gasteiger partial charge on any atom is -0.325 e. The lowest BCUT2D eigenvalue weighted by atomic mass is 10.0. The van der Waals surface area contributed by atoms with Crippen LogP contribution < -0.4 is 5.73 Å². The van der Waals surface area contributed by atoms with Gasteiger partial charge in [-0.1, -0.05) is 23.7 Å². The van der Waals surface area contributed by atoms with Crippen LogP contribution in [0.5, 0.6) is 0 Å². The van der Waals surface area contributed by atoms with E-state index in [9.17, 15) is 0 Å². The minimum atomic E-state index is 0.00881. The number of nitrogens with two attached hydrogens (primary N) is 1. The predicted molar refractivity (Wildman–Crippen MR) is 61.0 cm³/mol. The largest absolute Gasteiger partial charge is 0.325 e. The van der Waals surface area contributed by atoms with Crippen LogP contribution in [-0.2, 0) is 6.42 Å². The number of fused-ring (bicyclic) bond motifs is 1. The van der Waals surface area contributed by atoms with Gasteiger partial charge in [0.1, 0.15) is 5.15 Å². The summed E-state index contributed by atoms with van der Waals surface area (Å²) in [5, 5.41) is 8.57. The van der Waals surface area contributed by atoms with Crippen LogP contribution in [0.4, 0.5) is 0 Å². The lowest BCUT2D eigenvalue weighted by Crippen LogP contribution is -2.24. The highest BCUT2D eigenvalue weighted by atomic mass is 35.5. The summed E-state index contributed by atoms with van der Waals surface area (Å²) in [5.41, 5.74) is 8.24. The third-order valence-electron chi connectivity index (χ3n) is 3.06. The first-order chi connectivity index (χ1) is 7.18. The fourth-order valence-corrected chi connectivity index (χ4v) is 2.22. The van der Waals surface area contributed by atoms with E-state index in [-0.39, 0.29) is 5.54 Å². The molecule has 1 aliphatic rings. The van der Waals surface area contributed by atoms with Crippen LogP contribution >= 0.6 is 11.6 Å². The first-order valence-electron chi connectivity index (χ1n) is 5.08. The van der Waals surface area contributed by atoms with Gasteiger partial charge in [0, 0.05) is 10.9 Å². The molecule has 78 valence electrons. The molecule has 2 aromatic rings. The van der Waals surface area contributed by atoms with Crippen molar-refractivity contribution in [1.82, 2.24) is 10.2 Å². The summed E-state index contributed by atoms with van der Waals surface area (Å²) in [6, 6.07) is 6.04. The topological polar surface area (TPSA) is 54.7 Å². The second-order valence-corrected chi connectivity index (χ2v) is 4.77. The Morgan fingerprint density at radius 1 is 1.47 bits per heavy atom. The SMILES string of the molecule is NC1(Cc2cccc3n[nH]c(Cl)c23)CC1. The average Bonchev–Trinajstić information content (AvgIpc) is 2.80. The zero-order valence-corrected chi connectivity index (χ0v) is 9.01. The Morgan fingerprint density at radius 2 is 2.27 bits per heavy atom. The van der Waals surface area contributed by atoms with Gasteiger partial charge >= 0.3 is 0 Å². The first kappa shape index (κ1) is 9.19. The number of nitrogens with zero attached hydrogens (tertiary/aromatic N) is 1. The van der Waals surface area contributed by atoms with E-state index in [1.54, 1.807) is 0 Å². The lowest BCUT2D eigenvalue weighted by Gasteiger charge is -2.09. The van der Waals surface area contributed by atoms with Crippen molar-refractivity contribution < 1.29 is 0 Å². The maximum Gasteiger partial charge on any atom is 0.132 e. The van der Waals surface area contributed by atoms with E-state index in [1.807, 2.05) is 12.1 Å². The van der Waals surface area contributed by atoms with Gasteiger partial charge in [0.2, 0.25) is 0 Å². The monoisotopic (exact) mass is 221 g/mol. The van der Waals surface area contributed by atoms with E-state index in [2.05, 4.69) is 16.3 Å². The Labute approximate surface area is 92.6 Å². The van der Waals surface area contributed by atoms with Crippen LogP contribution in [0.15, 0.2) is 18.2 Å². The minimum absolute atomic E-state index is 0.00881. The molecule has 0 aliphatic heterocycles. The summed E-state index contributed by atoms with van der Waals surface area (Å²) < 4.78 is 0. The summed E-state index contributed by atoms with van der Waals surface area (Å²) in [6.45, 7) is 0. The molecule has 1 aromatic carbocycles. The van der Waals surface area contributed by atoms with Gasteiger partial charge < -0.3 is 5.73 Å². The van der Waals surface area contributed by atoms with Crippen LogP contribution in [0, 0.1) is 0 Å². The molecule has 3 rings (SSSR count). The molecule has 15 heavy (non-hydrogen) atoms. The maximum atomic E-state index is 6.11. The number of H-pyrrole nitrogens is 1. The van der Waals surface area contributed by atoms with Gasteiger partial charge in [0.15, 0.2) is 0 Å². The standard InChI is InChI=1S/C11H12ClN3/c12-10-9-7(6-11(13)4-5-11)2-1-3-8(9)14-15-10/h1-3H,4-6,13H2,(H,14,15). The fraction of sp³-hybridized carbons (Fsp3) is 0.364. The molecule has 0 amide bonds. The molecule has 0 bridgehead atoms. The molecule has 0 atom stereocenters. The molecule has 3 N–H and O–H groups in total. The van der Waals surface area contributed by atoms with Gasteiger partial charge in [-0.2, -0.15) is 5.10 Å². The van der Waals surface area contributed by atoms with Crippen molar-refractivity contribution in [1.29, 1.82) is 0 Å². The molecule has 0 saturated heterocycles. The van der Waals surface area contributed by atoms with E-state index in [0.717, 1.165) is 30.2 Å². The van der Waals surface area contributed by atoms with Crippen molar-refractivity contribution >= 4 is 22.5 Å². The Hall–Kier alpha value is -1.06. The third kappa shape index (κ3) is 1.52. The highest BCUT2D eigenvalue weighted by Gasteiger charge is 2.38. The molecule has 4 heteroatoms. The molecule has 1 heterocycles. The van der Waals surface area contributed by atoms with Crippen molar-refractivity contribution in [2.75, 3.05) is 0 Å². The van der Waals surface area contributed by atoms with E-state index in [1.165, 1.54) is 5.56 Å². The lowest BCUT2D eigenvalue weighted by molar-refractivity contribution is 0.675. The van der Waals surface area contributed by atoms with Gasteiger partial charge in [-0.25, -0.2) is 0 Å². The molecular weight excluding hydrogens is 210 g/mol. The predicted octanol–water partition coefficient (Wildman–Crippen LogP) is 2.25. The Balaban J connectivity index is 2.12. The number of aromatic amines is 1. The molecule has 0 unspecified atom stereocenters. The average molecular weight is 222 g/mol. The highest BCUT2D eigenvalue weighted by molar-refractivity contribution is 6.34. The first-order valence-corrected chi connectivity index (χ1v) is 5.46. The van der Waals surface area contributed by atoms with Crippen LogP contribution in [0.25, 0.3) is 10.9 Å². The number of nitrogens with one attached hydrogen (secondary N) is 1. The Morgan fingerprint density at radius 3 is 3.00 bits per heavy atom. The molecule has 3 nitrogen and oxygen atoms in total. The van der Waals surface area contributed by atoms with E-state index in [0.29, 0.717) is 5.15 Å².